The number of carbonyl (C=O) groups excluding carboxylic acids is 1. The lowest BCUT2D eigenvalue weighted by atomic mass is 10.1. The molecule has 0 unspecified atom stereocenters. The minimum absolute atomic E-state index is 0.0530. The number of halogens is 2. The summed E-state index contributed by atoms with van der Waals surface area (Å²) < 4.78 is 23.4. The van der Waals surface area contributed by atoms with Crippen molar-refractivity contribution in [2.75, 3.05) is 13.1 Å². The maximum absolute atomic E-state index is 12.6. The number of nitrogens with zero attached hydrogens (tertiary/aromatic N) is 1. The zero-order valence-electron chi connectivity index (χ0n) is 11.5. The van der Waals surface area contributed by atoms with Gasteiger partial charge in [0.05, 0.1) is 10.5 Å². The van der Waals surface area contributed by atoms with Gasteiger partial charge in [-0.1, -0.05) is 19.3 Å². The van der Waals surface area contributed by atoms with E-state index in [2.05, 4.69) is 15.9 Å². The summed E-state index contributed by atoms with van der Waals surface area (Å²) in [7, 11) is 1.51. The van der Waals surface area contributed by atoms with Crippen LogP contribution in [0.2, 0.25) is 0 Å². The SMILES string of the molecule is O=C(c1cc(S(=O)(=O)Cl)ccc1Br)N1CCCCCCC1. The van der Waals surface area contributed by atoms with E-state index in [1.54, 1.807) is 11.0 Å². The quantitative estimate of drug-likeness (QED) is 0.717. The van der Waals surface area contributed by atoms with Gasteiger partial charge >= 0.3 is 0 Å². The van der Waals surface area contributed by atoms with Crippen molar-refractivity contribution in [3.05, 3.63) is 28.2 Å². The standard InChI is InChI=1S/C14H17BrClNO3S/c15-13-7-6-11(21(16,19)20)10-12(13)14(18)17-8-4-2-1-3-5-9-17/h6-7,10H,1-5,8-9H2. The highest BCUT2D eigenvalue weighted by Crippen LogP contribution is 2.25. The van der Waals surface area contributed by atoms with Gasteiger partial charge in [-0.2, -0.15) is 0 Å². The molecule has 2 rings (SSSR count). The molecule has 1 fully saturated rings. The molecule has 0 radical (unpaired) electrons. The van der Waals surface area contributed by atoms with E-state index in [4.69, 9.17) is 10.7 Å². The first-order chi connectivity index (χ1) is 9.89. The first-order valence-electron chi connectivity index (χ1n) is 6.93. The molecular weight excluding hydrogens is 378 g/mol. The molecule has 0 atom stereocenters. The molecule has 1 aromatic carbocycles. The normalized spacial score (nSPS) is 17.1. The molecule has 1 aliphatic heterocycles. The molecule has 0 N–H and O–H groups in total. The maximum atomic E-state index is 12.6. The van der Waals surface area contributed by atoms with E-state index in [0.29, 0.717) is 23.1 Å². The molecule has 1 amide bonds. The van der Waals surface area contributed by atoms with Crippen molar-refractivity contribution in [3.63, 3.8) is 0 Å². The Morgan fingerprint density at radius 2 is 1.67 bits per heavy atom. The molecular formula is C14H17BrClNO3S. The van der Waals surface area contributed by atoms with Crippen LogP contribution in [0.15, 0.2) is 27.6 Å². The van der Waals surface area contributed by atoms with Crippen LogP contribution in [0.5, 0.6) is 0 Å². The minimum atomic E-state index is -3.84. The van der Waals surface area contributed by atoms with Gasteiger partial charge in [-0.25, -0.2) is 8.42 Å². The Morgan fingerprint density at radius 3 is 2.24 bits per heavy atom. The van der Waals surface area contributed by atoms with Gasteiger partial charge in [0.15, 0.2) is 0 Å². The van der Waals surface area contributed by atoms with Crippen molar-refractivity contribution in [3.8, 4) is 0 Å². The van der Waals surface area contributed by atoms with E-state index < -0.39 is 9.05 Å². The summed E-state index contributed by atoms with van der Waals surface area (Å²) in [5.41, 5.74) is 0.345. The van der Waals surface area contributed by atoms with E-state index >= 15 is 0 Å². The molecule has 7 heteroatoms. The fraction of sp³-hybridized carbons (Fsp3) is 0.500. The lowest BCUT2D eigenvalue weighted by Gasteiger charge is -2.25. The molecule has 116 valence electrons. The van der Waals surface area contributed by atoms with E-state index in [0.717, 1.165) is 25.7 Å². The van der Waals surface area contributed by atoms with Crippen molar-refractivity contribution in [1.82, 2.24) is 4.90 Å². The van der Waals surface area contributed by atoms with Crippen molar-refractivity contribution in [2.45, 2.75) is 37.0 Å². The number of benzene rings is 1. The molecule has 0 bridgehead atoms. The first kappa shape index (κ1) is 16.8. The summed E-state index contributed by atoms with van der Waals surface area (Å²) in [5, 5.41) is 0. The van der Waals surface area contributed by atoms with E-state index in [9.17, 15) is 13.2 Å². The second-order valence-corrected chi connectivity index (χ2v) is 8.56. The Balaban J connectivity index is 2.29. The van der Waals surface area contributed by atoms with Gasteiger partial charge in [-0.05, 0) is 47.0 Å². The molecule has 4 nitrogen and oxygen atoms in total. The van der Waals surface area contributed by atoms with Gasteiger partial charge in [-0.3, -0.25) is 4.79 Å². The van der Waals surface area contributed by atoms with Crippen LogP contribution in [0.1, 0.15) is 42.5 Å². The lowest BCUT2D eigenvalue weighted by Crippen LogP contribution is -2.34. The maximum Gasteiger partial charge on any atom is 0.261 e. The summed E-state index contributed by atoms with van der Waals surface area (Å²) in [6, 6.07) is 4.27. The zero-order chi connectivity index (χ0) is 15.5. The molecule has 1 aromatic rings. The number of likely N-dealkylation sites (tertiary alicyclic amines) is 1. The lowest BCUT2D eigenvalue weighted by molar-refractivity contribution is 0.0741. The number of hydrogen-bond donors (Lipinski definition) is 0. The Hall–Kier alpha value is -0.590. The second kappa shape index (κ2) is 7.11. The molecule has 0 saturated carbocycles. The van der Waals surface area contributed by atoms with Crippen LogP contribution < -0.4 is 0 Å². The number of hydrogen-bond acceptors (Lipinski definition) is 3. The number of rotatable bonds is 2. The van der Waals surface area contributed by atoms with Gasteiger partial charge < -0.3 is 4.90 Å². The van der Waals surface area contributed by atoms with Crippen LogP contribution in [0, 0.1) is 0 Å². The van der Waals surface area contributed by atoms with E-state index in [1.807, 2.05) is 0 Å². The van der Waals surface area contributed by atoms with Crippen molar-refractivity contribution in [1.29, 1.82) is 0 Å². The monoisotopic (exact) mass is 393 g/mol. The van der Waals surface area contributed by atoms with Crippen LogP contribution in [0.25, 0.3) is 0 Å². The van der Waals surface area contributed by atoms with Crippen LogP contribution >= 0.6 is 26.6 Å². The van der Waals surface area contributed by atoms with E-state index in [1.165, 1.54) is 18.6 Å². The molecule has 0 spiro atoms. The smallest absolute Gasteiger partial charge is 0.261 e. The predicted molar refractivity (Wildman–Crippen MR) is 86.2 cm³/mol. The Bertz CT molecular complexity index is 625. The third-order valence-corrected chi connectivity index (χ3v) is 5.64. The zero-order valence-corrected chi connectivity index (χ0v) is 14.7. The molecule has 0 aliphatic carbocycles. The topological polar surface area (TPSA) is 54.5 Å². The molecule has 1 saturated heterocycles. The largest absolute Gasteiger partial charge is 0.339 e. The summed E-state index contributed by atoms with van der Waals surface area (Å²) in [4.78, 5) is 14.4. The van der Waals surface area contributed by atoms with Crippen LogP contribution in [-0.4, -0.2) is 32.3 Å². The molecule has 1 aliphatic rings. The highest BCUT2D eigenvalue weighted by Gasteiger charge is 2.21. The average molecular weight is 395 g/mol. The van der Waals surface area contributed by atoms with Crippen LogP contribution in [-0.2, 0) is 9.05 Å². The molecule has 0 aromatic heterocycles. The predicted octanol–water partition coefficient (Wildman–Crippen LogP) is 3.78. The van der Waals surface area contributed by atoms with Crippen LogP contribution in [0.4, 0.5) is 0 Å². The van der Waals surface area contributed by atoms with Gasteiger partial charge in [0.1, 0.15) is 0 Å². The summed E-state index contributed by atoms with van der Waals surface area (Å²) >= 11 is 3.31. The van der Waals surface area contributed by atoms with Gasteiger partial charge in [0.2, 0.25) is 0 Å². The Labute approximate surface area is 138 Å². The average Bonchev–Trinajstić information content (AvgIpc) is 2.36. The van der Waals surface area contributed by atoms with Crippen LogP contribution in [0.3, 0.4) is 0 Å². The number of amides is 1. The summed E-state index contributed by atoms with van der Waals surface area (Å²) in [5.74, 6) is -0.147. The summed E-state index contributed by atoms with van der Waals surface area (Å²) in [6.07, 6.45) is 5.43. The number of carbonyl (C=O) groups is 1. The highest BCUT2D eigenvalue weighted by atomic mass is 79.9. The second-order valence-electron chi connectivity index (χ2n) is 5.14. The third kappa shape index (κ3) is 4.44. The minimum Gasteiger partial charge on any atom is -0.339 e. The molecule has 21 heavy (non-hydrogen) atoms. The van der Waals surface area contributed by atoms with E-state index in [-0.39, 0.29) is 10.8 Å². The van der Waals surface area contributed by atoms with Gasteiger partial charge in [0.25, 0.3) is 15.0 Å². The third-order valence-electron chi connectivity index (χ3n) is 3.59. The van der Waals surface area contributed by atoms with Gasteiger partial charge in [-0.15, -0.1) is 0 Å². The first-order valence-corrected chi connectivity index (χ1v) is 10.0. The highest BCUT2D eigenvalue weighted by molar-refractivity contribution is 9.10. The van der Waals surface area contributed by atoms with Crippen molar-refractivity contribution < 1.29 is 13.2 Å². The summed E-state index contributed by atoms with van der Waals surface area (Å²) in [6.45, 7) is 1.42. The fourth-order valence-electron chi connectivity index (χ4n) is 2.44. The van der Waals surface area contributed by atoms with Crippen molar-refractivity contribution >= 4 is 41.6 Å². The van der Waals surface area contributed by atoms with Crippen molar-refractivity contribution in [2.24, 2.45) is 0 Å². The Morgan fingerprint density at radius 1 is 1.10 bits per heavy atom. The van der Waals surface area contributed by atoms with Gasteiger partial charge in [0, 0.05) is 28.2 Å². The Kier molecular flexibility index (Phi) is 5.68. The fourth-order valence-corrected chi connectivity index (χ4v) is 3.63. The molecule has 1 heterocycles.